The van der Waals surface area contributed by atoms with E-state index in [9.17, 15) is 5.11 Å². The summed E-state index contributed by atoms with van der Waals surface area (Å²) in [6, 6.07) is 6.34. The topological polar surface area (TPSA) is 25.2 Å². The molecule has 2 nitrogen and oxygen atoms in total. The van der Waals surface area contributed by atoms with Crippen LogP contribution in [0.2, 0.25) is 0 Å². The zero-order valence-electron chi connectivity index (χ0n) is 10.4. The molecule has 0 amide bonds. The van der Waals surface area contributed by atoms with Crippen molar-refractivity contribution in [2.45, 2.75) is 38.7 Å². The smallest absolute Gasteiger partial charge is 0.0682 e. The summed E-state index contributed by atoms with van der Waals surface area (Å²) in [6.07, 6.45) is 6.35. The van der Waals surface area contributed by atoms with E-state index in [4.69, 9.17) is 0 Å². The van der Waals surface area contributed by atoms with E-state index < -0.39 is 0 Å². The van der Waals surface area contributed by atoms with E-state index in [0.29, 0.717) is 0 Å². The van der Waals surface area contributed by atoms with E-state index in [1.54, 1.807) is 0 Å². The minimum absolute atomic E-state index is 0.138. The third-order valence-corrected chi connectivity index (χ3v) is 4.02. The lowest BCUT2D eigenvalue weighted by Gasteiger charge is -2.03. The Morgan fingerprint density at radius 3 is 2.82 bits per heavy atom. The Morgan fingerprint density at radius 2 is 2.00 bits per heavy atom. The van der Waals surface area contributed by atoms with Crippen molar-refractivity contribution in [3.63, 3.8) is 0 Å². The first-order chi connectivity index (χ1) is 8.31. The number of hydrogen-bond acceptors (Lipinski definition) is 1. The van der Waals surface area contributed by atoms with Crippen LogP contribution in [-0.4, -0.2) is 9.67 Å². The molecule has 17 heavy (non-hydrogen) atoms. The lowest BCUT2D eigenvalue weighted by Crippen LogP contribution is -1.96. The molecule has 1 aliphatic carbocycles. The van der Waals surface area contributed by atoms with E-state index in [1.165, 1.54) is 54.3 Å². The van der Waals surface area contributed by atoms with E-state index in [2.05, 4.69) is 23.7 Å². The van der Waals surface area contributed by atoms with Crippen LogP contribution in [0, 0.1) is 0 Å². The van der Waals surface area contributed by atoms with Gasteiger partial charge in [0.15, 0.2) is 0 Å². The van der Waals surface area contributed by atoms with Gasteiger partial charge >= 0.3 is 0 Å². The number of aliphatic hydroxyl groups is 1. The molecule has 0 spiro atoms. The Labute approximate surface area is 102 Å². The average Bonchev–Trinajstić information content (AvgIpc) is 2.57. The van der Waals surface area contributed by atoms with Crippen molar-refractivity contribution in [3.8, 4) is 0 Å². The maximum absolute atomic E-state index is 9.26. The molecule has 2 aromatic rings. The van der Waals surface area contributed by atoms with Gasteiger partial charge in [-0.1, -0.05) is 12.5 Å². The van der Waals surface area contributed by atoms with Crippen LogP contribution in [0.25, 0.3) is 10.9 Å². The number of aryl methyl sites for hydroxylation is 2. The molecule has 0 atom stereocenters. The van der Waals surface area contributed by atoms with Crippen molar-refractivity contribution in [2.75, 3.05) is 0 Å². The zero-order valence-corrected chi connectivity index (χ0v) is 10.4. The maximum Gasteiger partial charge on any atom is 0.0682 e. The number of aromatic nitrogens is 1. The predicted molar refractivity (Wildman–Crippen MR) is 70.1 cm³/mol. The normalized spacial score (nSPS) is 15.9. The molecule has 0 aliphatic heterocycles. The Morgan fingerprint density at radius 1 is 1.18 bits per heavy atom. The molecule has 3 rings (SSSR count). The molecule has 1 heterocycles. The zero-order chi connectivity index (χ0) is 11.8. The lowest BCUT2D eigenvalue weighted by atomic mass is 10.0. The van der Waals surface area contributed by atoms with Gasteiger partial charge in [-0.3, -0.25) is 0 Å². The van der Waals surface area contributed by atoms with Gasteiger partial charge in [-0.15, -0.1) is 0 Å². The number of hydrogen-bond donors (Lipinski definition) is 1. The summed E-state index contributed by atoms with van der Waals surface area (Å²) in [6.45, 7) is 0.138. The van der Waals surface area contributed by atoms with Gasteiger partial charge in [0.1, 0.15) is 0 Å². The van der Waals surface area contributed by atoms with Gasteiger partial charge in [-0.2, -0.15) is 0 Å². The number of aliphatic hydroxyl groups excluding tert-OH is 1. The monoisotopic (exact) mass is 229 g/mol. The summed E-state index contributed by atoms with van der Waals surface area (Å²) in [7, 11) is 2.17. The van der Waals surface area contributed by atoms with Crippen molar-refractivity contribution in [1.82, 2.24) is 4.57 Å². The first kappa shape index (κ1) is 10.8. The fourth-order valence-electron chi connectivity index (χ4n) is 3.09. The minimum atomic E-state index is 0.138. The van der Waals surface area contributed by atoms with Crippen molar-refractivity contribution in [1.29, 1.82) is 0 Å². The Bertz CT molecular complexity index is 554. The van der Waals surface area contributed by atoms with Crippen LogP contribution in [0.1, 0.15) is 36.1 Å². The van der Waals surface area contributed by atoms with Crippen LogP contribution in [0.3, 0.4) is 0 Å². The number of benzene rings is 1. The highest BCUT2D eigenvalue weighted by Gasteiger charge is 2.17. The fourth-order valence-corrected chi connectivity index (χ4v) is 3.09. The number of fused-ring (bicyclic) bond motifs is 3. The summed E-state index contributed by atoms with van der Waals surface area (Å²) in [5.74, 6) is 0. The molecule has 0 fully saturated rings. The van der Waals surface area contributed by atoms with Crippen molar-refractivity contribution in [3.05, 3.63) is 35.0 Å². The highest BCUT2D eigenvalue weighted by atomic mass is 16.3. The standard InChI is InChI=1S/C15H19NO/c1-16-14-6-4-2-3-5-12(14)13-9-11(10-17)7-8-15(13)16/h7-9,17H,2-6,10H2,1H3. The summed E-state index contributed by atoms with van der Waals surface area (Å²) < 4.78 is 2.34. The van der Waals surface area contributed by atoms with Gasteiger partial charge in [0, 0.05) is 23.6 Å². The largest absolute Gasteiger partial charge is 0.392 e. The van der Waals surface area contributed by atoms with Crippen LogP contribution < -0.4 is 0 Å². The molecule has 1 aromatic carbocycles. The highest BCUT2D eigenvalue weighted by molar-refractivity contribution is 5.86. The van der Waals surface area contributed by atoms with Gasteiger partial charge in [0.2, 0.25) is 0 Å². The van der Waals surface area contributed by atoms with E-state index in [-0.39, 0.29) is 6.61 Å². The van der Waals surface area contributed by atoms with Crippen LogP contribution in [0.5, 0.6) is 0 Å². The molecule has 0 unspecified atom stereocenters. The number of nitrogens with zero attached hydrogens (tertiary/aromatic N) is 1. The van der Waals surface area contributed by atoms with Gasteiger partial charge in [0.25, 0.3) is 0 Å². The molecule has 0 saturated heterocycles. The molecule has 1 aromatic heterocycles. The minimum Gasteiger partial charge on any atom is -0.392 e. The second kappa shape index (κ2) is 4.19. The number of rotatable bonds is 1. The average molecular weight is 229 g/mol. The first-order valence-corrected chi connectivity index (χ1v) is 6.51. The third-order valence-electron chi connectivity index (χ3n) is 4.02. The maximum atomic E-state index is 9.26. The Hall–Kier alpha value is -1.28. The fraction of sp³-hybridized carbons (Fsp3) is 0.467. The van der Waals surface area contributed by atoms with Crippen molar-refractivity contribution >= 4 is 10.9 Å². The van der Waals surface area contributed by atoms with Crippen molar-refractivity contribution < 1.29 is 5.11 Å². The SMILES string of the molecule is Cn1c2c(c3cc(CO)ccc31)CCCCC2. The molecule has 1 aliphatic rings. The Balaban J connectivity index is 2.27. The molecular formula is C15H19NO. The van der Waals surface area contributed by atoms with E-state index in [0.717, 1.165) is 5.56 Å². The van der Waals surface area contributed by atoms with Gasteiger partial charge in [0.05, 0.1) is 6.61 Å². The molecule has 90 valence electrons. The second-order valence-corrected chi connectivity index (χ2v) is 5.05. The third kappa shape index (κ3) is 1.67. The molecule has 0 saturated carbocycles. The molecule has 1 N–H and O–H groups in total. The van der Waals surface area contributed by atoms with Crippen molar-refractivity contribution in [2.24, 2.45) is 7.05 Å². The van der Waals surface area contributed by atoms with Crippen LogP contribution in [-0.2, 0) is 26.5 Å². The summed E-state index contributed by atoms with van der Waals surface area (Å²) in [4.78, 5) is 0. The lowest BCUT2D eigenvalue weighted by molar-refractivity contribution is 0.282. The van der Waals surface area contributed by atoms with Gasteiger partial charge < -0.3 is 9.67 Å². The second-order valence-electron chi connectivity index (χ2n) is 5.05. The summed E-state index contributed by atoms with van der Waals surface area (Å²) >= 11 is 0. The quantitative estimate of drug-likeness (QED) is 0.747. The predicted octanol–water partition coefficient (Wildman–Crippen LogP) is 2.94. The molecule has 2 heteroatoms. The Kier molecular flexibility index (Phi) is 2.67. The summed E-state index contributed by atoms with van der Waals surface area (Å²) in [5, 5.41) is 10.6. The summed E-state index contributed by atoms with van der Waals surface area (Å²) in [5.41, 5.74) is 5.37. The molecule has 0 bridgehead atoms. The van der Waals surface area contributed by atoms with Gasteiger partial charge in [-0.25, -0.2) is 0 Å². The van der Waals surface area contributed by atoms with E-state index >= 15 is 0 Å². The van der Waals surface area contributed by atoms with Crippen LogP contribution >= 0.6 is 0 Å². The van der Waals surface area contributed by atoms with Crippen LogP contribution in [0.4, 0.5) is 0 Å². The van der Waals surface area contributed by atoms with Gasteiger partial charge in [-0.05, 0) is 48.9 Å². The highest BCUT2D eigenvalue weighted by Crippen LogP contribution is 2.31. The molecule has 0 radical (unpaired) electrons. The van der Waals surface area contributed by atoms with E-state index in [1.807, 2.05) is 6.07 Å². The van der Waals surface area contributed by atoms with Crippen LogP contribution in [0.15, 0.2) is 18.2 Å². The molecular weight excluding hydrogens is 210 g/mol. The first-order valence-electron chi connectivity index (χ1n) is 6.51.